The van der Waals surface area contributed by atoms with Crippen molar-refractivity contribution in [3.05, 3.63) is 93.8 Å². The Hall–Kier alpha value is -4.59. The maximum atomic E-state index is 13.4. The quantitative estimate of drug-likeness (QED) is 0.393. The topological polar surface area (TPSA) is 95.9 Å². The maximum absolute atomic E-state index is 13.4. The smallest absolute Gasteiger partial charge is 0.244 e. The number of ether oxygens (including phenoxy) is 3. The van der Waals surface area contributed by atoms with Crippen molar-refractivity contribution in [3.8, 4) is 17.2 Å². The van der Waals surface area contributed by atoms with Crippen LogP contribution in [0.4, 0.5) is 5.69 Å². The normalized spacial score (nSPS) is 11.9. The van der Waals surface area contributed by atoms with Crippen LogP contribution in [0.2, 0.25) is 0 Å². The third-order valence-corrected chi connectivity index (χ3v) is 5.89. The number of ketones is 1. The Bertz CT molecular complexity index is 1540. The maximum Gasteiger partial charge on any atom is 0.244 e. The number of carbonyl (C=O) groups excluding carboxylic acids is 2. The van der Waals surface area contributed by atoms with Crippen LogP contribution in [0.5, 0.6) is 17.2 Å². The van der Waals surface area contributed by atoms with E-state index < -0.39 is 11.2 Å². The second kappa shape index (κ2) is 9.58. The number of rotatable bonds is 7. The first kappa shape index (κ1) is 23.2. The zero-order valence-electron chi connectivity index (χ0n) is 19.9. The lowest BCUT2D eigenvalue weighted by atomic mass is 10.0. The average molecular weight is 485 g/mol. The lowest BCUT2D eigenvalue weighted by molar-refractivity contribution is -0.116. The largest absolute Gasteiger partial charge is 0.494 e. The molecule has 1 aliphatic rings. The third kappa shape index (κ3) is 4.53. The van der Waals surface area contributed by atoms with Gasteiger partial charge in [-0.1, -0.05) is 29.8 Å². The minimum Gasteiger partial charge on any atom is -0.494 e. The van der Waals surface area contributed by atoms with Crippen LogP contribution >= 0.6 is 0 Å². The molecule has 0 spiro atoms. The van der Waals surface area contributed by atoms with Gasteiger partial charge in [0.1, 0.15) is 12.3 Å². The van der Waals surface area contributed by atoms with Gasteiger partial charge in [0, 0.05) is 23.5 Å². The van der Waals surface area contributed by atoms with Crippen molar-refractivity contribution >= 4 is 28.3 Å². The lowest BCUT2D eigenvalue weighted by Crippen LogP contribution is -2.24. The molecule has 8 nitrogen and oxygen atoms in total. The molecule has 3 aromatic carbocycles. The molecule has 1 amide bonds. The molecule has 5 rings (SSSR count). The number of nitrogens with one attached hydrogen (secondary N) is 1. The first-order valence-corrected chi connectivity index (χ1v) is 11.5. The molecule has 182 valence electrons. The Balaban J connectivity index is 1.53. The van der Waals surface area contributed by atoms with Gasteiger partial charge in [0.15, 0.2) is 17.3 Å². The minimum absolute atomic E-state index is 0.0177. The molecule has 1 aliphatic heterocycles. The monoisotopic (exact) mass is 484 g/mol. The predicted molar refractivity (Wildman–Crippen MR) is 135 cm³/mol. The second-order valence-electron chi connectivity index (χ2n) is 8.42. The zero-order chi connectivity index (χ0) is 25.2. The number of nitrogens with zero attached hydrogens (tertiary/aromatic N) is 1. The Morgan fingerprint density at radius 2 is 1.78 bits per heavy atom. The van der Waals surface area contributed by atoms with Gasteiger partial charge < -0.3 is 24.1 Å². The van der Waals surface area contributed by atoms with Gasteiger partial charge in [-0.3, -0.25) is 14.4 Å². The fourth-order valence-electron chi connectivity index (χ4n) is 4.12. The molecule has 4 aromatic rings. The fourth-order valence-corrected chi connectivity index (χ4v) is 4.12. The Morgan fingerprint density at radius 1 is 1.00 bits per heavy atom. The van der Waals surface area contributed by atoms with E-state index in [1.165, 1.54) is 6.20 Å². The van der Waals surface area contributed by atoms with Crippen molar-refractivity contribution in [1.82, 2.24) is 4.57 Å². The van der Waals surface area contributed by atoms with E-state index in [-0.39, 0.29) is 24.8 Å². The van der Waals surface area contributed by atoms with Crippen LogP contribution in [0.1, 0.15) is 28.4 Å². The molecule has 2 heterocycles. The van der Waals surface area contributed by atoms with E-state index in [1.807, 2.05) is 26.0 Å². The van der Waals surface area contributed by atoms with E-state index in [0.717, 1.165) is 5.56 Å². The van der Waals surface area contributed by atoms with Gasteiger partial charge in [-0.15, -0.1) is 0 Å². The van der Waals surface area contributed by atoms with Crippen LogP contribution in [0.3, 0.4) is 0 Å². The molecule has 0 saturated carbocycles. The molecule has 36 heavy (non-hydrogen) atoms. The van der Waals surface area contributed by atoms with Crippen LogP contribution in [0.25, 0.3) is 10.9 Å². The Labute approximate surface area is 207 Å². The highest BCUT2D eigenvalue weighted by atomic mass is 16.7. The van der Waals surface area contributed by atoms with Crippen molar-refractivity contribution in [2.75, 3.05) is 18.7 Å². The van der Waals surface area contributed by atoms with Gasteiger partial charge in [0.2, 0.25) is 18.1 Å². The first-order valence-electron chi connectivity index (χ1n) is 11.5. The summed E-state index contributed by atoms with van der Waals surface area (Å²) in [6.45, 7) is 4.22. The van der Waals surface area contributed by atoms with Crippen molar-refractivity contribution in [2.24, 2.45) is 0 Å². The molecule has 0 aliphatic carbocycles. The van der Waals surface area contributed by atoms with E-state index in [0.29, 0.717) is 46.0 Å². The van der Waals surface area contributed by atoms with E-state index >= 15 is 0 Å². The number of aromatic nitrogens is 1. The van der Waals surface area contributed by atoms with Gasteiger partial charge in [0.05, 0.1) is 23.1 Å². The van der Waals surface area contributed by atoms with Crippen molar-refractivity contribution in [2.45, 2.75) is 20.4 Å². The Kier molecular flexibility index (Phi) is 6.16. The molecule has 0 atom stereocenters. The first-order chi connectivity index (χ1) is 17.4. The number of hydrogen-bond acceptors (Lipinski definition) is 6. The number of fused-ring (bicyclic) bond motifs is 2. The molecule has 1 aromatic heterocycles. The summed E-state index contributed by atoms with van der Waals surface area (Å²) >= 11 is 0. The summed E-state index contributed by atoms with van der Waals surface area (Å²) in [7, 11) is 0. The summed E-state index contributed by atoms with van der Waals surface area (Å²) in [5.74, 6) is 0.938. The molecule has 8 heteroatoms. The summed E-state index contributed by atoms with van der Waals surface area (Å²) in [5, 5.41) is 3.14. The summed E-state index contributed by atoms with van der Waals surface area (Å²) in [6, 6.07) is 17.2. The van der Waals surface area contributed by atoms with E-state index in [2.05, 4.69) is 5.32 Å². The third-order valence-electron chi connectivity index (χ3n) is 5.89. The lowest BCUT2D eigenvalue weighted by Gasteiger charge is -2.15. The molecule has 0 fully saturated rings. The SMILES string of the molecule is CCOc1ccc2c(c1)c(=O)c(C(=O)c1ccc(C)cc1)cn2CC(=O)Nc1ccc2c(c1)OCO2. The minimum atomic E-state index is -0.412. The fraction of sp³-hybridized carbons (Fsp3) is 0.179. The van der Waals surface area contributed by atoms with Gasteiger partial charge >= 0.3 is 0 Å². The number of carbonyl (C=O) groups is 2. The molecular weight excluding hydrogens is 460 g/mol. The summed E-state index contributed by atoms with van der Waals surface area (Å²) in [5.41, 5.74) is 2.03. The molecule has 0 radical (unpaired) electrons. The highest BCUT2D eigenvalue weighted by Crippen LogP contribution is 2.34. The van der Waals surface area contributed by atoms with Crippen LogP contribution in [0.15, 0.2) is 71.7 Å². The molecule has 0 bridgehead atoms. The number of pyridine rings is 1. The zero-order valence-corrected chi connectivity index (χ0v) is 19.9. The molecule has 0 saturated heterocycles. The van der Waals surface area contributed by atoms with Crippen LogP contribution in [-0.2, 0) is 11.3 Å². The van der Waals surface area contributed by atoms with Gasteiger partial charge in [-0.05, 0) is 44.2 Å². The molecular formula is C28H24N2O6. The van der Waals surface area contributed by atoms with Gasteiger partial charge in [-0.2, -0.15) is 0 Å². The van der Waals surface area contributed by atoms with Crippen LogP contribution in [0, 0.1) is 6.92 Å². The van der Waals surface area contributed by atoms with Gasteiger partial charge in [0.25, 0.3) is 0 Å². The van der Waals surface area contributed by atoms with Crippen LogP contribution in [-0.4, -0.2) is 29.7 Å². The number of hydrogen-bond donors (Lipinski definition) is 1. The Morgan fingerprint density at radius 3 is 2.56 bits per heavy atom. The number of anilines is 1. The number of amides is 1. The van der Waals surface area contributed by atoms with Crippen molar-refractivity contribution in [1.29, 1.82) is 0 Å². The van der Waals surface area contributed by atoms with Crippen molar-refractivity contribution in [3.63, 3.8) is 0 Å². The van der Waals surface area contributed by atoms with E-state index in [9.17, 15) is 14.4 Å². The summed E-state index contributed by atoms with van der Waals surface area (Å²) in [4.78, 5) is 39.7. The van der Waals surface area contributed by atoms with Crippen LogP contribution < -0.4 is 25.0 Å². The highest BCUT2D eigenvalue weighted by Gasteiger charge is 2.19. The van der Waals surface area contributed by atoms with Crippen molar-refractivity contribution < 1.29 is 23.8 Å². The number of aryl methyl sites for hydroxylation is 1. The van der Waals surface area contributed by atoms with Gasteiger partial charge in [-0.25, -0.2) is 0 Å². The summed E-state index contributed by atoms with van der Waals surface area (Å²) in [6.07, 6.45) is 1.45. The van der Waals surface area contributed by atoms with E-state index in [1.54, 1.807) is 53.1 Å². The van der Waals surface area contributed by atoms with E-state index in [4.69, 9.17) is 14.2 Å². The standard InChI is InChI=1S/C28H24N2O6/c1-3-34-20-9-10-23-21(13-20)28(33)22(27(32)18-6-4-17(2)5-7-18)14-30(23)15-26(31)29-19-8-11-24-25(12-19)36-16-35-24/h4-14H,3,15-16H2,1-2H3,(H,29,31). The highest BCUT2D eigenvalue weighted by molar-refractivity contribution is 6.10. The number of benzene rings is 3. The molecule has 0 unspecified atom stereocenters. The predicted octanol–water partition coefficient (Wildman–Crippen LogP) is 4.31. The summed E-state index contributed by atoms with van der Waals surface area (Å²) < 4.78 is 17.9. The second-order valence-corrected chi connectivity index (χ2v) is 8.42. The average Bonchev–Trinajstić information content (AvgIpc) is 3.34. The molecule has 1 N–H and O–H groups in total.